The Hall–Kier alpha value is -2.21. The van der Waals surface area contributed by atoms with Gasteiger partial charge >= 0.3 is 5.97 Å². The van der Waals surface area contributed by atoms with Gasteiger partial charge in [0, 0.05) is 6.42 Å². The van der Waals surface area contributed by atoms with Gasteiger partial charge in [0.25, 0.3) is 0 Å². The molecule has 5 heteroatoms. The summed E-state index contributed by atoms with van der Waals surface area (Å²) < 4.78 is 0. The quantitative estimate of drug-likeness (QED) is 0.275. The molecule has 150 valence electrons. The van der Waals surface area contributed by atoms with Gasteiger partial charge in [0.2, 0.25) is 0 Å². The molecule has 0 saturated heterocycles. The Bertz CT molecular complexity index is 555. The molecule has 0 aromatic rings. The first-order chi connectivity index (χ1) is 13.0. The summed E-state index contributed by atoms with van der Waals surface area (Å²) >= 11 is 0. The molecule has 0 aliphatic carbocycles. The summed E-state index contributed by atoms with van der Waals surface area (Å²) in [7, 11) is 0. The zero-order valence-electron chi connectivity index (χ0n) is 15.9. The van der Waals surface area contributed by atoms with Crippen LogP contribution in [0.2, 0.25) is 0 Å². The fourth-order valence-electron chi connectivity index (χ4n) is 1.94. The minimum Gasteiger partial charge on any atom is -0.481 e. The zero-order valence-corrected chi connectivity index (χ0v) is 15.9. The summed E-state index contributed by atoms with van der Waals surface area (Å²) in [6.07, 6.45) is 20.9. The molecule has 0 radical (unpaired) electrons. The van der Waals surface area contributed by atoms with Gasteiger partial charge in [-0.25, -0.2) is 0 Å². The van der Waals surface area contributed by atoms with Crippen molar-refractivity contribution in [2.45, 2.75) is 57.3 Å². The molecule has 4 N–H and O–H groups in total. The monoisotopic (exact) mass is 376 g/mol. The molecule has 0 aliphatic heterocycles. The smallest absolute Gasteiger partial charge is 0.303 e. The standard InChI is InChI=1S/C22H32O5/c1-2-3-9-14-19(23)15-10-6-4-5-7-11-16-20(24)21(25)17-12-8-13-18-22(26)27/h3-12,15-16,19-21,23-25H,2,13-14,17-18H2,1H3,(H,26,27)/b6-4-,7-5+,9-3-,12-8-,15-10+,16-11+/t19-,20-,21-/m0/s1. The summed E-state index contributed by atoms with van der Waals surface area (Å²) in [6.45, 7) is 2.05. The van der Waals surface area contributed by atoms with Crippen molar-refractivity contribution >= 4 is 5.97 Å². The number of carboxylic acids is 1. The number of aliphatic hydroxyl groups is 3. The molecule has 27 heavy (non-hydrogen) atoms. The molecule has 0 fully saturated rings. The highest BCUT2D eigenvalue weighted by Crippen LogP contribution is 2.03. The molecular weight excluding hydrogens is 344 g/mol. The van der Waals surface area contributed by atoms with Crippen LogP contribution in [0.1, 0.15) is 39.0 Å². The van der Waals surface area contributed by atoms with Crippen LogP contribution in [0.5, 0.6) is 0 Å². The van der Waals surface area contributed by atoms with Gasteiger partial charge in [-0.15, -0.1) is 0 Å². The Morgan fingerprint density at radius 2 is 1.41 bits per heavy atom. The van der Waals surface area contributed by atoms with E-state index in [-0.39, 0.29) is 12.8 Å². The van der Waals surface area contributed by atoms with Crippen LogP contribution in [0.3, 0.4) is 0 Å². The molecule has 0 spiro atoms. The number of rotatable bonds is 14. The second-order valence-corrected chi connectivity index (χ2v) is 5.92. The zero-order chi connectivity index (χ0) is 20.3. The van der Waals surface area contributed by atoms with Gasteiger partial charge in [0.15, 0.2) is 0 Å². The van der Waals surface area contributed by atoms with Gasteiger partial charge in [-0.1, -0.05) is 79.8 Å². The Balaban J connectivity index is 4.06. The molecule has 0 aromatic carbocycles. The second kappa shape index (κ2) is 17.2. The van der Waals surface area contributed by atoms with E-state index in [2.05, 4.69) is 0 Å². The predicted octanol–water partition coefficient (Wildman–Crippen LogP) is 3.46. The van der Waals surface area contributed by atoms with E-state index in [1.165, 1.54) is 6.08 Å². The van der Waals surface area contributed by atoms with Crippen molar-refractivity contribution in [3.05, 3.63) is 72.9 Å². The maximum atomic E-state index is 10.4. The number of allylic oxidation sites excluding steroid dienone is 8. The minimum absolute atomic E-state index is 0.0530. The van der Waals surface area contributed by atoms with Gasteiger partial charge in [-0.05, 0) is 25.7 Å². The highest BCUT2D eigenvalue weighted by atomic mass is 16.4. The van der Waals surface area contributed by atoms with Crippen LogP contribution in [0.4, 0.5) is 0 Å². The van der Waals surface area contributed by atoms with Crippen molar-refractivity contribution in [1.29, 1.82) is 0 Å². The first-order valence-electron chi connectivity index (χ1n) is 9.21. The van der Waals surface area contributed by atoms with E-state index in [1.807, 2.05) is 19.1 Å². The van der Waals surface area contributed by atoms with Crippen LogP contribution in [-0.4, -0.2) is 44.7 Å². The maximum absolute atomic E-state index is 10.4. The van der Waals surface area contributed by atoms with E-state index in [1.54, 1.807) is 54.7 Å². The average Bonchev–Trinajstić information content (AvgIpc) is 2.63. The van der Waals surface area contributed by atoms with Crippen LogP contribution in [0, 0.1) is 0 Å². The van der Waals surface area contributed by atoms with Crippen LogP contribution < -0.4 is 0 Å². The predicted molar refractivity (Wildman–Crippen MR) is 109 cm³/mol. The summed E-state index contributed by atoms with van der Waals surface area (Å²) in [5, 5.41) is 37.7. The van der Waals surface area contributed by atoms with Crippen molar-refractivity contribution < 1.29 is 25.2 Å². The number of hydrogen-bond donors (Lipinski definition) is 4. The Labute approximate surface area is 162 Å². The van der Waals surface area contributed by atoms with Crippen LogP contribution in [0.15, 0.2) is 72.9 Å². The number of hydrogen-bond acceptors (Lipinski definition) is 4. The van der Waals surface area contributed by atoms with E-state index in [0.29, 0.717) is 12.8 Å². The summed E-state index contributed by atoms with van der Waals surface area (Å²) in [4.78, 5) is 10.4. The number of carbonyl (C=O) groups is 1. The normalized spacial score (nSPS) is 16.6. The first kappa shape index (κ1) is 24.8. The van der Waals surface area contributed by atoms with Gasteiger partial charge in [-0.2, -0.15) is 0 Å². The van der Waals surface area contributed by atoms with Crippen molar-refractivity contribution in [3.63, 3.8) is 0 Å². The number of aliphatic carboxylic acids is 1. The molecule has 3 atom stereocenters. The minimum atomic E-state index is -0.992. The number of aliphatic hydroxyl groups excluding tert-OH is 3. The molecule has 0 rings (SSSR count). The molecule has 0 amide bonds. The highest BCUT2D eigenvalue weighted by Gasteiger charge is 2.10. The third-order valence-electron chi connectivity index (χ3n) is 3.44. The SMILES string of the molecule is CC/C=C\C[C@H](O)/C=C/C=C\C=C\C=C\[C@H](O)[C@@H](O)C/C=C\CCC(=O)O. The third-order valence-corrected chi connectivity index (χ3v) is 3.44. The number of carboxylic acid groups (broad SMARTS) is 1. The van der Waals surface area contributed by atoms with Crippen molar-refractivity contribution in [2.24, 2.45) is 0 Å². The average molecular weight is 376 g/mol. The van der Waals surface area contributed by atoms with Gasteiger partial charge in [0.05, 0.1) is 18.3 Å². The Kier molecular flexibility index (Phi) is 15.8. The lowest BCUT2D eigenvalue weighted by Gasteiger charge is -2.11. The van der Waals surface area contributed by atoms with E-state index >= 15 is 0 Å². The highest BCUT2D eigenvalue weighted by molar-refractivity contribution is 5.66. The van der Waals surface area contributed by atoms with Crippen molar-refractivity contribution in [2.75, 3.05) is 0 Å². The Morgan fingerprint density at radius 3 is 2.04 bits per heavy atom. The summed E-state index contributed by atoms with van der Waals surface area (Å²) in [6, 6.07) is 0. The lowest BCUT2D eigenvalue weighted by molar-refractivity contribution is -0.136. The van der Waals surface area contributed by atoms with E-state index in [0.717, 1.165) is 6.42 Å². The van der Waals surface area contributed by atoms with Gasteiger partial charge < -0.3 is 20.4 Å². The second-order valence-electron chi connectivity index (χ2n) is 5.92. The van der Waals surface area contributed by atoms with Crippen LogP contribution in [0.25, 0.3) is 0 Å². The molecule has 0 heterocycles. The van der Waals surface area contributed by atoms with Crippen molar-refractivity contribution in [3.8, 4) is 0 Å². The molecular formula is C22H32O5. The van der Waals surface area contributed by atoms with Crippen LogP contribution >= 0.6 is 0 Å². The molecule has 0 saturated carbocycles. The van der Waals surface area contributed by atoms with E-state index in [4.69, 9.17) is 5.11 Å². The van der Waals surface area contributed by atoms with E-state index < -0.39 is 24.3 Å². The maximum Gasteiger partial charge on any atom is 0.303 e. The van der Waals surface area contributed by atoms with Crippen LogP contribution in [-0.2, 0) is 4.79 Å². The topological polar surface area (TPSA) is 98.0 Å². The fraction of sp³-hybridized carbons (Fsp3) is 0.409. The summed E-state index contributed by atoms with van der Waals surface area (Å²) in [5.74, 6) is -0.861. The van der Waals surface area contributed by atoms with E-state index in [9.17, 15) is 20.1 Å². The largest absolute Gasteiger partial charge is 0.481 e. The molecule has 5 nitrogen and oxygen atoms in total. The Morgan fingerprint density at radius 1 is 0.815 bits per heavy atom. The van der Waals surface area contributed by atoms with Gasteiger partial charge in [0.1, 0.15) is 0 Å². The van der Waals surface area contributed by atoms with Gasteiger partial charge in [-0.3, -0.25) is 4.79 Å². The molecule has 0 aromatic heterocycles. The molecule has 0 aliphatic rings. The molecule has 0 bridgehead atoms. The third kappa shape index (κ3) is 17.0. The first-order valence-corrected chi connectivity index (χ1v) is 9.21. The lowest BCUT2D eigenvalue weighted by atomic mass is 10.1. The summed E-state index contributed by atoms with van der Waals surface area (Å²) in [5.41, 5.74) is 0. The fourth-order valence-corrected chi connectivity index (χ4v) is 1.94. The molecule has 0 unspecified atom stereocenters. The van der Waals surface area contributed by atoms with Crippen molar-refractivity contribution in [1.82, 2.24) is 0 Å². The lowest BCUT2D eigenvalue weighted by Crippen LogP contribution is -2.22.